The number of hydrogen-bond acceptors (Lipinski definition) is 5. The highest BCUT2D eigenvalue weighted by Crippen LogP contribution is 2.17. The van der Waals surface area contributed by atoms with E-state index in [0.717, 1.165) is 58.8 Å². The monoisotopic (exact) mass is 284 g/mol. The van der Waals surface area contributed by atoms with E-state index in [9.17, 15) is 0 Å². The summed E-state index contributed by atoms with van der Waals surface area (Å²) in [5.74, 6) is 1.06. The molecule has 0 aromatic carbocycles. The van der Waals surface area contributed by atoms with E-state index in [1.807, 2.05) is 0 Å². The molecular weight excluding hydrogens is 256 g/mol. The lowest BCUT2D eigenvalue weighted by atomic mass is 10.1. The number of hydrogen-bond donors (Lipinski definition) is 2. The van der Waals surface area contributed by atoms with E-state index in [4.69, 9.17) is 15.7 Å². The first kappa shape index (κ1) is 15.5. The van der Waals surface area contributed by atoms with Gasteiger partial charge in [0.25, 0.3) is 0 Å². The van der Waals surface area contributed by atoms with Crippen LogP contribution >= 0.6 is 0 Å². The zero-order valence-electron chi connectivity index (χ0n) is 12.5. The molecule has 0 radical (unpaired) electrons. The van der Waals surface area contributed by atoms with Crippen molar-refractivity contribution in [1.82, 2.24) is 9.80 Å². The van der Waals surface area contributed by atoms with Crippen LogP contribution in [0.2, 0.25) is 0 Å². The van der Waals surface area contributed by atoms with Crippen molar-refractivity contribution < 1.29 is 9.94 Å². The van der Waals surface area contributed by atoms with Gasteiger partial charge in [-0.1, -0.05) is 18.5 Å². The molecule has 2 unspecified atom stereocenters. The summed E-state index contributed by atoms with van der Waals surface area (Å²) in [5, 5.41) is 12.1. The number of ether oxygens (including phenoxy) is 1. The minimum atomic E-state index is 0.0852. The minimum absolute atomic E-state index is 0.0852. The van der Waals surface area contributed by atoms with Gasteiger partial charge in [0.1, 0.15) is 0 Å². The van der Waals surface area contributed by atoms with Gasteiger partial charge in [-0.15, -0.1) is 0 Å². The predicted molar refractivity (Wildman–Crippen MR) is 79.0 cm³/mol. The van der Waals surface area contributed by atoms with Crippen LogP contribution in [0.1, 0.15) is 26.2 Å². The molecule has 2 aliphatic heterocycles. The summed E-state index contributed by atoms with van der Waals surface area (Å²) in [4.78, 5) is 4.87. The second-order valence-electron chi connectivity index (χ2n) is 5.90. The highest BCUT2D eigenvalue weighted by Gasteiger charge is 2.27. The molecule has 0 aromatic heterocycles. The SMILES string of the molecule is CCCC(C(N)=NO)N1CCN(CC2CCOC2)CC1. The van der Waals surface area contributed by atoms with Crippen molar-refractivity contribution in [3.8, 4) is 0 Å². The molecule has 116 valence electrons. The fourth-order valence-corrected chi connectivity index (χ4v) is 3.21. The largest absolute Gasteiger partial charge is 0.409 e. The maximum absolute atomic E-state index is 8.92. The molecule has 2 saturated heterocycles. The smallest absolute Gasteiger partial charge is 0.156 e. The summed E-state index contributed by atoms with van der Waals surface area (Å²) in [6.07, 6.45) is 3.19. The molecule has 2 heterocycles. The number of nitrogens with zero attached hydrogens (tertiary/aromatic N) is 3. The van der Waals surface area contributed by atoms with Crippen molar-refractivity contribution in [2.75, 3.05) is 45.9 Å². The Hall–Kier alpha value is -0.850. The van der Waals surface area contributed by atoms with Gasteiger partial charge in [-0.05, 0) is 18.8 Å². The molecule has 0 saturated carbocycles. The van der Waals surface area contributed by atoms with E-state index in [2.05, 4.69) is 21.9 Å². The number of nitrogens with two attached hydrogens (primary N) is 1. The van der Waals surface area contributed by atoms with Gasteiger partial charge < -0.3 is 20.6 Å². The highest BCUT2D eigenvalue weighted by molar-refractivity contribution is 5.85. The standard InChI is InChI=1S/C14H28N4O2/c1-2-3-13(14(15)16-19)18-7-5-17(6-8-18)10-12-4-9-20-11-12/h12-13,19H,2-11H2,1H3,(H2,15,16). The number of amidine groups is 1. The van der Waals surface area contributed by atoms with Crippen molar-refractivity contribution in [1.29, 1.82) is 0 Å². The Balaban J connectivity index is 1.79. The third-order valence-electron chi connectivity index (χ3n) is 4.41. The first-order valence-corrected chi connectivity index (χ1v) is 7.76. The normalized spacial score (nSPS) is 27.9. The molecule has 0 aromatic rings. The van der Waals surface area contributed by atoms with Crippen LogP contribution in [-0.4, -0.2) is 72.8 Å². The third-order valence-corrected chi connectivity index (χ3v) is 4.41. The van der Waals surface area contributed by atoms with Crippen molar-refractivity contribution in [2.45, 2.75) is 32.2 Å². The Morgan fingerprint density at radius 1 is 1.40 bits per heavy atom. The topological polar surface area (TPSA) is 74.3 Å². The van der Waals surface area contributed by atoms with E-state index in [1.54, 1.807) is 0 Å². The van der Waals surface area contributed by atoms with Gasteiger partial charge in [0.2, 0.25) is 0 Å². The molecule has 6 heteroatoms. The van der Waals surface area contributed by atoms with E-state index in [1.165, 1.54) is 6.42 Å². The second-order valence-corrected chi connectivity index (χ2v) is 5.90. The van der Waals surface area contributed by atoms with E-state index < -0.39 is 0 Å². The van der Waals surface area contributed by atoms with Crippen LogP contribution in [0.3, 0.4) is 0 Å². The Morgan fingerprint density at radius 3 is 2.70 bits per heavy atom. The molecule has 0 aliphatic carbocycles. The zero-order chi connectivity index (χ0) is 14.4. The lowest BCUT2D eigenvalue weighted by Gasteiger charge is -2.39. The summed E-state index contributed by atoms with van der Waals surface area (Å²) in [5.41, 5.74) is 5.83. The Kier molecular flexibility index (Phi) is 6.06. The fourth-order valence-electron chi connectivity index (χ4n) is 3.21. The van der Waals surface area contributed by atoms with E-state index >= 15 is 0 Å². The maximum Gasteiger partial charge on any atom is 0.156 e. The average molecular weight is 284 g/mol. The van der Waals surface area contributed by atoms with Crippen molar-refractivity contribution >= 4 is 5.84 Å². The lowest BCUT2D eigenvalue weighted by Crippen LogP contribution is -2.54. The predicted octanol–water partition coefficient (Wildman–Crippen LogP) is 0.556. The summed E-state index contributed by atoms with van der Waals surface area (Å²) < 4.78 is 5.44. The maximum atomic E-state index is 8.92. The van der Waals surface area contributed by atoms with Gasteiger partial charge in [-0.3, -0.25) is 4.90 Å². The molecule has 2 atom stereocenters. The Labute approximate surface area is 121 Å². The second kappa shape index (κ2) is 7.81. The summed E-state index contributed by atoms with van der Waals surface area (Å²) in [6, 6.07) is 0.0852. The quantitative estimate of drug-likeness (QED) is 0.322. The van der Waals surface area contributed by atoms with Crippen LogP contribution < -0.4 is 5.73 Å². The molecule has 0 spiro atoms. The summed E-state index contributed by atoms with van der Waals surface area (Å²) in [6.45, 7) is 9.24. The molecule has 0 bridgehead atoms. The van der Waals surface area contributed by atoms with Gasteiger partial charge in [0, 0.05) is 39.3 Å². The molecule has 2 aliphatic rings. The number of oxime groups is 1. The number of rotatable bonds is 6. The van der Waals surface area contributed by atoms with E-state index in [-0.39, 0.29) is 6.04 Å². The molecule has 2 fully saturated rings. The van der Waals surface area contributed by atoms with Crippen molar-refractivity contribution in [3.63, 3.8) is 0 Å². The Bertz CT molecular complexity index is 310. The lowest BCUT2D eigenvalue weighted by molar-refractivity contribution is 0.0960. The van der Waals surface area contributed by atoms with Gasteiger partial charge in [0.15, 0.2) is 5.84 Å². The minimum Gasteiger partial charge on any atom is -0.409 e. The first-order valence-electron chi connectivity index (χ1n) is 7.76. The highest BCUT2D eigenvalue weighted by atomic mass is 16.5. The molecule has 3 N–H and O–H groups in total. The molecular formula is C14H28N4O2. The van der Waals surface area contributed by atoms with Gasteiger partial charge in [-0.25, -0.2) is 0 Å². The Morgan fingerprint density at radius 2 is 2.15 bits per heavy atom. The van der Waals surface area contributed by atoms with Crippen LogP contribution in [-0.2, 0) is 4.74 Å². The van der Waals surface area contributed by atoms with Gasteiger partial charge in [-0.2, -0.15) is 0 Å². The third kappa shape index (κ3) is 4.07. The summed E-state index contributed by atoms with van der Waals surface area (Å²) >= 11 is 0. The zero-order valence-corrected chi connectivity index (χ0v) is 12.5. The van der Waals surface area contributed by atoms with Crippen LogP contribution in [0.5, 0.6) is 0 Å². The van der Waals surface area contributed by atoms with Crippen LogP contribution in [0.15, 0.2) is 5.16 Å². The molecule has 2 rings (SSSR count). The molecule has 0 amide bonds. The van der Waals surface area contributed by atoms with Crippen LogP contribution in [0.25, 0.3) is 0 Å². The first-order chi connectivity index (χ1) is 9.74. The number of piperazine rings is 1. The molecule has 20 heavy (non-hydrogen) atoms. The van der Waals surface area contributed by atoms with Gasteiger partial charge in [0.05, 0.1) is 12.6 Å². The van der Waals surface area contributed by atoms with Crippen LogP contribution in [0, 0.1) is 5.92 Å². The van der Waals surface area contributed by atoms with Crippen molar-refractivity contribution in [2.24, 2.45) is 16.8 Å². The molecule has 6 nitrogen and oxygen atoms in total. The van der Waals surface area contributed by atoms with Crippen molar-refractivity contribution in [3.05, 3.63) is 0 Å². The summed E-state index contributed by atoms with van der Waals surface area (Å²) in [7, 11) is 0. The van der Waals surface area contributed by atoms with Crippen LogP contribution in [0.4, 0.5) is 0 Å². The van der Waals surface area contributed by atoms with E-state index in [0.29, 0.717) is 11.8 Å². The average Bonchev–Trinajstić information content (AvgIpc) is 2.98. The van der Waals surface area contributed by atoms with Gasteiger partial charge >= 0.3 is 0 Å². The fraction of sp³-hybridized carbons (Fsp3) is 0.929.